The van der Waals surface area contributed by atoms with Crippen LogP contribution < -0.4 is 0 Å². The van der Waals surface area contributed by atoms with Gasteiger partial charge in [0, 0.05) is 0 Å². The summed E-state index contributed by atoms with van der Waals surface area (Å²) in [5.41, 5.74) is 1.59. The number of rotatable bonds is 2. The number of hydrogen-bond donors (Lipinski definition) is 1. The van der Waals surface area contributed by atoms with Crippen LogP contribution in [-0.4, -0.2) is 15.1 Å². The fourth-order valence-electron chi connectivity index (χ4n) is 1.56. The summed E-state index contributed by atoms with van der Waals surface area (Å²) < 4.78 is 6.31. The molecule has 0 spiro atoms. The second-order valence-corrected chi connectivity index (χ2v) is 4.17. The Bertz CT molecular complexity index is 616. The highest BCUT2D eigenvalue weighted by Gasteiger charge is 2.12. The zero-order valence-electron chi connectivity index (χ0n) is 8.25. The predicted molar refractivity (Wildman–Crippen MR) is 61.0 cm³/mol. The van der Waals surface area contributed by atoms with Crippen molar-refractivity contribution in [2.45, 2.75) is 6.61 Å². The van der Waals surface area contributed by atoms with Gasteiger partial charge in [0.15, 0.2) is 11.6 Å². The molecule has 0 atom stereocenters. The van der Waals surface area contributed by atoms with Crippen LogP contribution >= 0.6 is 11.3 Å². The smallest absolute Gasteiger partial charge is 0.155 e. The zero-order valence-corrected chi connectivity index (χ0v) is 9.07. The molecule has 0 amide bonds. The van der Waals surface area contributed by atoms with Gasteiger partial charge in [0.25, 0.3) is 0 Å². The Morgan fingerprint density at radius 1 is 1.31 bits per heavy atom. The van der Waals surface area contributed by atoms with E-state index in [2.05, 4.69) is 9.97 Å². The first-order chi connectivity index (χ1) is 7.88. The van der Waals surface area contributed by atoms with E-state index in [0.29, 0.717) is 11.6 Å². The van der Waals surface area contributed by atoms with E-state index in [9.17, 15) is 0 Å². The number of furan rings is 1. The minimum absolute atomic E-state index is 0.167. The van der Waals surface area contributed by atoms with E-state index in [0.717, 1.165) is 15.9 Å². The van der Waals surface area contributed by atoms with Crippen molar-refractivity contribution in [2.24, 2.45) is 0 Å². The van der Waals surface area contributed by atoms with Gasteiger partial charge in [-0.25, -0.2) is 9.97 Å². The fourth-order valence-corrected chi connectivity index (χ4v) is 2.39. The van der Waals surface area contributed by atoms with Crippen LogP contribution in [0.1, 0.15) is 5.82 Å². The summed E-state index contributed by atoms with van der Waals surface area (Å²) in [6.07, 6.45) is 1.61. The van der Waals surface area contributed by atoms with Crippen LogP contribution in [0.2, 0.25) is 0 Å². The second kappa shape index (κ2) is 3.70. The van der Waals surface area contributed by atoms with Crippen molar-refractivity contribution in [3.8, 4) is 11.5 Å². The number of nitrogens with zero attached hydrogens (tertiary/aromatic N) is 2. The van der Waals surface area contributed by atoms with E-state index >= 15 is 0 Å². The van der Waals surface area contributed by atoms with Crippen molar-refractivity contribution in [3.63, 3.8) is 0 Å². The first-order valence-electron chi connectivity index (χ1n) is 4.77. The van der Waals surface area contributed by atoms with Crippen molar-refractivity contribution in [1.29, 1.82) is 0 Å². The summed E-state index contributed by atoms with van der Waals surface area (Å²) >= 11 is 1.56. The maximum atomic E-state index is 9.10. The Kier molecular flexibility index (Phi) is 2.19. The molecule has 3 aromatic rings. The van der Waals surface area contributed by atoms with E-state index in [-0.39, 0.29) is 6.61 Å². The Morgan fingerprint density at radius 2 is 2.25 bits per heavy atom. The molecule has 0 aliphatic rings. The third-order valence-corrected chi connectivity index (χ3v) is 3.16. The molecule has 0 unspecified atom stereocenters. The van der Waals surface area contributed by atoms with Gasteiger partial charge >= 0.3 is 0 Å². The van der Waals surface area contributed by atoms with E-state index in [4.69, 9.17) is 9.52 Å². The lowest BCUT2D eigenvalue weighted by Crippen LogP contribution is -1.96. The topological polar surface area (TPSA) is 59.2 Å². The standard InChI is InChI=1S/C11H8N2O2S/c14-6-9-12-7-3-5-16-11(7)10(13-9)8-2-1-4-15-8/h1-5,14H,6H2. The summed E-state index contributed by atoms with van der Waals surface area (Å²) in [5, 5.41) is 11.1. The van der Waals surface area contributed by atoms with E-state index < -0.39 is 0 Å². The molecule has 3 heterocycles. The number of fused-ring (bicyclic) bond motifs is 1. The quantitative estimate of drug-likeness (QED) is 0.737. The van der Waals surface area contributed by atoms with Gasteiger partial charge in [-0.1, -0.05) is 0 Å². The van der Waals surface area contributed by atoms with Crippen molar-refractivity contribution in [2.75, 3.05) is 0 Å². The molecule has 3 rings (SSSR count). The SMILES string of the molecule is OCc1nc(-c2ccco2)c2sccc2n1. The summed E-state index contributed by atoms with van der Waals surface area (Å²) in [6, 6.07) is 5.57. The number of aliphatic hydroxyl groups excluding tert-OH is 1. The minimum atomic E-state index is -0.167. The van der Waals surface area contributed by atoms with Crippen LogP contribution in [0.4, 0.5) is 0 Å². The molecule has 0 aromatic carbocycles. The highest BCUT2D eigenvalue weighted by atomic mass is 32.1. The van der Waals surface area contributed by atoms with Gasteiger partial charge in [-0.15, -0.1) is 11.3 Å². The van der Waals surface area contributed by atoms with Gasteiger partial charge in [-0.2, -0.15) is 0 Å². The normalized spacial score (nSPS) is 11.1. The average Bonchev–Trinajstić information content (AvgIpc) is 2.98. The zero-order chi connectivity index (χ0) is 11.0. The second-order valence-electron chi connectivity index (χ2n) is 3.26. The monoisotopic (exact) mass is 232 g/mol. The Balaban J connectivity index is 2.33. The highest BCUT2D eigenvalue weighted by Crippen LogP contribution is 2.30. The summed E-state index contributed by atoms with van der Waals surface area (Å²) in [7, 11) is 0. The maximum Gasteiger partial charge on any atom is 0.155 e. The van der Waals surface area contributed by atoms with Crippen LogP contribution in [0.5, 0.6) is 0 Å². The first-order valence-corrected chi connectivity index (χ1v) is 5.65. The molecule has 0 saturated carbocycles. The van der Waals surface area contributed by atoms with Crippen LogP contribution in [0.3, 0.4) is 0 Å². The third-order valence-electron chi connectivity index (χ3n) is 2.25. The van der Waals surface area contributed by atoms with Gasteiger partial charge in [0.2, 0.25) is 0 Å². The predicted octanol–water partition coefficient (Wildman–Crippen LogP) is 2.44. The largest absolute Gasteiger partial charge is 0.463 e. The summed E-state index contributed by atoms with van der Waals surface area (Å²) in [4.78, 5) is 8.52. The van der Waals surface area contributed by atoms with Crippen LogP contribution in [0.15, 0.2) is 34.3 Å². The number of hydrogen-bond acceptors (Lipinski definition) is 5. The molecule has 0 aliphatic heterocycles. The molecule has 5 heteroatoms. The van der Waals surface area contributed by atoms with Gasteiger partial charge < -0.3 is 9.52 Å². The lowest BCUT2D eigenvalue weighted by Gasteiger charge is -2.01. The number of thiophene rings is 1. The van der Waals surface area contributed by atoms with Crippen molar-refractivity contribution in [1.82, 2.24) is 9.97 Å². The number of aromatic nitrogens is 2. The maximum absolute atomic E-state index is 9.10. The van der Waals surface area contributed by atoms with Gasteiger partial charge in [-0.3, -0.25) is 0 Å². The molecule has 16 heavy (non-hydrogen) atoms. The summed E-state index contributed by atoms with van der Waals surface area (Å²) in [5.74, 6) is 1.11. The third kappa shape index (κ3) is 1.41. The number of aliphatic hydroxyl groups is 1. The molecule has 0 radical (unpaired) electrons. The fraction of sp³-hybridized carbons (Fsp3) is 0.0909. The van der Waals surface area contributed by atoms with E-state index in [1.165, 1.54) is 0 Å². The average molecular weight is 232 g/mol. The molecular weight excluding hydrogens is 224 g/mol. The van der Waals surface area contributed by atoms with Crippen molar-refractivity contribution in [3.05, 3.63) is 35.7 Å². The van der Waals surface area contributed by atoms with E-state index in [1.807, 2.05) is 23.6 Å². The minimum Gasteiger partial charge on any atom is -0.463 e. The molecule has 0 fully saturated rings. The molecule has 0 aliphatic carbocycles. The highest BCUT2D eigenvalue weighted by molar-refractivity contribution is 7.17. The molecule has 3 aromatic heterocycles. The van der Waals surface area contributed by atoms with Crippen LogP contribution in [0.25, 0.3) is 21.7 Å². The molecule has 1 N–H and O–H groups in total. The van der Waals surface area contributed by atoms with Crippen LogP contribution in [-0.2, 0) is 6.61 Å². The molecule has 0 saturated heterocycles. The Hall–Kier alpha value is -1.72. The molecular formula is C11H8N2O2S. The van der Waals surface area contributed by atoms with Gasteiger partial charge in [-0.05, 0) is 23.6 Å². The van der Waals surface area contributed by atoms with E-state index in [1.54, 1.807) is 17.6 Å². The summed E-state index contributed by atoms with van der Waals surface area (Å²) in [6.45, 7) is -0.167. The molecule has 80 valence electrons. The Labute approximate surface area is 95.2 Å². The molecule has 0 bridgehead atoms. The van der Waals surface area contributed by atoms with Gasteiger partial charge in [0.05, 0.1) is 16.5 Å². The molecule has 4 nitrogen and oxygen atoms in total. The van der Waals surface area contributed by atoms with Crippen molar-refractivity contribution < 1.29 is 9.52 Å². The lowest BCUT2D eigenvalue weighted by atomic mass is 10.3. The van der Waals surface area contributed by atoms with Gasteiger partial charge in [0.1, 0.15) is 12.3 Å². The lowest BCUT2D eigenvalue weighted by molar-refractivity contribution is 0.272. The van der Waals surface area contributed by atoms with Crippen molar-refractivity contribution >= 4 is 21.6 Å². The Morgan fingerprint density at radius 3 is 3.00 bits per heavy atom. The first kappa shape index (κ1) is 9.50. The van der Waals surface area contributed by atoms with Crippen LogP contribution in [0, 0.1) is 0 Å².